The molecule has 0 amide bonds. The molecule has 0 spiro atoms. The number of nitro groups is 1. The van der Waals surface area contributed by atoms with Crippen molar-refractivity contribution in [2.45, 2.75) is 53.4 Å². The average Bonchev–Trinajstić information content (AvgIpc) is 2.69. The number of nitrogens with zero attached hydrogens (tertiary/aromatic N) is 1. The van der Waals surface area contributed by atoms with Gasteiger partial charge in [-0.05, 0) is 39.7 Å². The number of ether oxygens (including phenoxy) is 2. The maximum absolute atomic E-state index is 12.9. The van der Waals surface area contributed by atoms with E-state index in [1.807, 2.05) is 13.8 Å². The Kier molecular flexibility index (Phi) is 7.74. The van der Waals surface area contributed by atoms with E-state index in [0.717, 1.165) is 5.56 Å². The molecule has 1 aromatic rings. The summed E-state index contributed by atoms with van der Waals surface area (Å²) in [6, 6.07) is 4.65. The van der Waals surface area contributed by atoms with E-state index >= 15 is 0 Å². The van der Waals surface area contributed by atoms with Crippen LogP contribution in [0.15, 0.2) is 40.7 Å². The summed E-state index contributed by atoms with van der Waals surface area (Å²) < 4.78 is 10.7. The molecule has 30 heavy (non-hydrogen) atoms. The van der Waals surface area contributed by atoms with Crippen molar-refractivity contribution in [2.75, 3.05) is 13.2 Å². The number of rotatable bonds is 8. The van der Waals surface area contributed by atoms with Crippen molar-refractivity contribution in [3.63, 3.8) is 0 Å². The molecule has 8 heteroatoms. The van der Waals surface area contributed by atoms with Gasteiger partial charge < -0.3 is 14.8 Å². The highest BCUT2D eigenvalue weighted by Gasteiger charge is 2.41. The number of benzene rings is 1. The molecule has 1 heterocycles. The topological polar surface area (TPSA) is 108 Å². The van der Waals surface area contributed by atoms with E-state index in [2.05, 4.69) is 5.32 Å². The standard InChI is InChI=1S/C22H28N2O6/c1-6-10-29-21(25)18-14(4)23-15(5)19(22(26)30-11-7-2)20(18)16-12-13(3)8-9-17(16)24(27)28/h8-9,12,20,23H,6-7,10-11H2,1-5H3. The SMILES string of the molecule is CCCOC(=O)C1=C(C)NC(C)=C(C(=O)OCCC)C1c1cc(C)ccc1[N+](=O)[O-]. The molecule has 1 aliphatic heterocycles. The Hall–Kier alpha value is -3.16. The fraction of sp³-hybridized carbons (Fsp3) is 0.455. The molecule has 162 valence electrons. The fourth-order valence-corrected chi connectivity index (χ4v) is 3.46. The Morgan fingerprint density at radius 2 is 1.50 bits per heavy atom. The second kappa shape index (κ2) is 10.0. The molecule has 0 unspecified atom stereocenters. The van der Waals surface area contributed by atoms with Crippen LogP contribution in [0, 0.1) is 17.0 Å². The van der Waals surface area contributed by atoms with Crippen LogP contribution in [0.4, 0.5) is 5.69 Å². The first kappa shape index (κ1) is 23.1. The van der Waals surface area contributed by atoms with Crippen molar-refractivity contribution in [3.8, 4) is 0 Å². The van der Waals surface area contributed by atoms with Gasteiger partial charge in [0.1, 0.15) is 0 Å². The quantitative estimate of drug-likeness (QED) is 0.387. The average molecular weight is 416 g/mol. The normalized spacial score (nSPS) is 14.4. The highest BCUT2D eigenvalue weighted by Crippen LogP contribution is 2.43. The van der Waals surface area contributed by atoms with Gasteiger partial charge in [-0.3, -0.25) is 10.1 Å². The van der Waals surface area contributed by atoms with E-state index in [9.17, 15) is 19.7 Å². The molecule has 1 aliphatic rings. The summed E-state index contributed by atoms with van der Waals surface area (Å²) >= 11 is 0. The van der Waals surface area contributed by atoms with E-state index in [0.29, 0.717) is 24.2 Å². The summed E-state index contributed by atoms with van der Waals surface area (Å²) in [4.78, 5) is 37.1. The third kappa shape index (κ3) is 4.87. The van der Waals surface area contributed by atoms with Crippen molar-refractivity contribution >= 4 is 17.6 Å². The molecular formula is C22H28N2O6. The molecule has 0 bridgehead atoms. The molecule has 1 N–H and O–H groups in total. The Morgan fingerprint density at radius 3 is 1.93 bits per heavy atom. The zero-order valence-electron chi connectivity index (χ0n) is 18.0. The Labute approximate surface area is 176 Å². The molecule has 0 aliphatic carbocycles. The third-order valence-corrected chi connectivity index (χ3v) is 4.77. The van der Waals surface area contributed by atoms with Crippen LogP contribution in [0.1, 0.15) is 57.6 Å². The smallest absolute Gasteiger partial charge is 0.336 e. The van der Waals surface area contributed by atoms with Gasteiger partial charge in [-0.15, -0.1) is 0 Å². The first-order valence-corrected chi connectivity index (χ1v) is 10.0. The predicted molar refractivity (Wildman–Crippen MR) is 112 cm³/mol. The van der Waals surface area contributed by atoms with Gasteiger partial charge >= 0.3 is 11.9 Å². The van der Waals surface area contributed by atoms with Gasteiger partial charge in [-0.2, -0.15) is 0 Å². The number of esters is 2. The lowest BCUT2D eigenvalue weighted by Gasteiger charge is -2.30. The molecule has 8 nitrogen and oxygen atoms in total. The highest BCUT2D eigenvalue weighted by molar-refractivity contribution is 6.00. The van der Waals surface area contributed by atoms with Crippen LogP contribution < -0.4 is 5.32 Å². The fourth-order valence-electron chi connectivity index (χ4n) is 3.46. The Balaban J connectivity index is 2.73. The lowest BCUT2D eigenvalue weighted by molar-refractivity contribution is -0.385. The van der Waals surface area contributed by atoms with Gasteiger partial charge in [0.25, 0.3) is 5.69 Å². The van der Waals surface area contributed by atoms with Crippen molar-refractivity contribution in [2.24, 2.45) is 0 Å². The number of aryl methyl sites for hydroxylation is 1. The largest absolute Gasteiger partial charge is 0.462 e. The first-order chi connectivity index (χ1) is 14.2. The number of nitrogens with one attached hydrogen (secondary N) is 1. The summed E-state index contributed by atoms with van der Waals surface area (Å²) in [7, 11) is 0. The maximum atomic E-state index is 12.9. The molecule has 1 aromatic carbocycles. The number of dihydropyridines is 1. The van der Waals surface area contributed by atoms with E-state index in [4.69, 9.17) is 9.47 Å². The minimum atomic E-state index is -0.972. The van der Waals surface area contributed by atoms with Crippen LogP contribution in [0.3, 0.4) is 0 Å². The predicted octanol–water partition coefficient (Wildman–Crippen LogP) is 4.04. The van der Waals surface area contributed by atoms with Gasteiger partial charge in [0.15, 0.2) is 0 Å². The van der Waals surface area contributed by atoms with Gasteiger partial charge in [-0.25, -0.2) is 9.59 Å². The zero-order chi connectivity index (χ0) is 22.4. The van der Waals surface area contributed by atoms with Gasteiger partial charge in [0.2, 0.25) is 0 Å². The monoisotopic (exact) mass is 416 g/mol. The van der Waals surface area contributed by atoms with Gasteiger partial charge in [-0.1, -0.05) is 25.5 Å². The number of allylic oxidation sites excluding steroid dienone is 2. The number of carbonyl (C=O) groups is 2. The Bertz CT molecular complexity index is 874. The molecule has 0 radical (unpaired) electrons. The third-order valence-electron chi connectivity index (χ3n) is 4.77. The van der Waals surface area contributed by atoms with Crippen LogP contribution in [0.5, 0.6) is 0 Å². The second-order valence-electron chi connectivity index (χ2n) is 7.23. The highest BCUT2D eigenvalue weighted by atomic mass is 16.6. The van der Waals surface area contributed by atoms with Crippen LogP contribution in [0.25, 0.3) is 0 Å². The summed E-state index contributed by atoms with van der Waals surface area (Å²) in [5.74, 6) is -2.20. The lowest BCUT2D eigenvalue weighted by atomic mass is 9.79. The van der Waals surface area contributed by atoms with Gasteiger partial charge in [0.05, 0.1) is 35.2 Å². The van der Waals surface area contributed by atoms with Crippen molar-refractivity contribution in [1.82, 2.24) is 5.32 Å². The number of carbonyl (C=O) groups excluding carboxylic acids is 2. The van der Waals surface area contributed by atoms with E-state index < -0.39 is 22.8 Å². The summed E-state index contributed by atoms with van der Waals surface area (Å²) in [6.07, 6.45) is 1.25. The van der Waals surface area contributed by atoms with E-state index in [1.165, 1.54) is 6.07 Å². The molecule has 0 fully saturated rings. The summed E-state index contributed by atoms with van der Waals surface area (Å²) in [5.41, 5.74) is 2.18. The summed E-state index contributed by atoms with van der Waals surface area (Å²) in [6.45, 7) is 9.32. The van der Waals surface area contributed by atoms with Crippen LogP contribution in [-0.2, 0) is 19.1 Å². The van der Waals surface area contributed by atoms with Crippen molar-refractivity contribution in [3.05, 3.63) is 62.0 Å². The molecule has 0 aromatic heterocycles. The molecule has 2 rings (SSSR count). The van der Waals surface area contributed by atoms with Crippen LogP contribution in [-0.4, -0.2) is 30.1 Å². The molecule has 0 atom stereocenters. The van der Waals surface area contributed by atoms with E-state index in [-0.39, 0.29) is 35.6 Å². The zero-order valence-corrected chi connectivity index (χ0v) is 18.0. The molecular weight excluding hydrogens is 388 g/mol. The van der Waals surface area contributed by atoms with Crippen LogP contribution in [0.2, 0.25) is 0 Å². The maximum Gasteiger partial charge on any atom is 0.336 e. The number of hydrogen-bond donors (Lipinski definition) is 1. The molecule has 0 saturated carbocycles. The first-order valence-electron chi connectivity index (χ1n) is 10.0. The summed E-state index contributed by atoms with van der Waals surface area (Å²) in [5, 5.41) is 14.8. The van der Waals surface area contributed by atoms with E-state index in [1.54, 1.807) is 32.9 Å². The van der Waals surface area contributed by atoms with Gasteiger partial charge in [0, 0.05) is 23.0 Å². The van der Waals surface area contributed by atoms with Crippen LogP contribution >= 0.6 is 0 Å². The minimum absolute atomic E-state index is 0.172. The number of hydrogen-bond acceptors (Lipinski definition) is 7. The van der Waals surface area contributed by atoms with Crippen molar-refractivity contribution in [1.29, 1.82) is 0 Å². The number of nitro benzene ring substituents is 1. The Morgan fingerprint density at radius 1 is 1.00 bits per heavy atom. The lowest BCUT2D eigenvalue weighted by Crippen LogP contribution is -2.33. The second-order valence-corrected chi connectivity index (χ2v) is 7.23. The molecule has 0 saturated heterocycles. The minimum Gasteiger partial charge on any atom is -0.462 e. The van der Waals surface area contributed by atoms with Crippen molar-refractivity contribution < 1.29 is 24.0 Å².